The van der Waals surface area contributed by atoms with E-state index in [9.17, 15) is 13.2 Å². The van der Waals surface area contributed by atoms with E-state index >= 15 is 0 Å². The van der Waals surface area contributed by atoms with Gasteiger partial charge >= 0.3 is 0 Å². The number of amides is 1. The fraction of sp³-hybridized carbons (Fsp3) is 0. The molecule has 4 nitrogen and oxygen atoms in total. The highest BCUT2D eigenvalue weighted by Crippen LogP contribution is 2.24. The lowest BCUT2D eigenvalue weighted by atomic mass is 10.2. The Labute approximate surface area is 139 Å². The lowest BCUT2D eigenvalue weighted by Gasteiger charge is -2.06. The van der Waals surface area contributed by atoms with E-state index in [0.29, 0.717) is 20.7 Å². The Hall–Kier alpha value is -1.08. The van der Waals surface area contributed by atoms with Crippen LogP contribution in [0.2, 0.25) is 5.02 Å². The van der Waals surface area contributed by atoms with Crippen molar-refractivity contribution in [2.45, 2.75) is 4.90 Å². The molecule has 0 atom stereocenters. The Balaban J connectivity index is 2.18. The van der Waals surface area contributed by atoms with Crippen molar-refractivity contribution >= 4 is 58.9 Å². The van der Waals surface area contributed by atoms with Crippen LogP contribution in [0.1, 0.15) is 10.4 Å². The zero-order chi connectivity index (χ0) is 15.6. The van der Waals surface area contributed by atoms with Gasteiger partial charge in [0, 0.05) is 26.4 Å². The second kappa shape index (κ2) is 6.36. The summed E-state index contributed by atoms with van der Waals surface area (Å²) in [6.45, 7) is 0. The Morgan fingerprint density at radius 1 is 1.10 bits per heavy atom. The minimum Gasteiger partial charge on any atom is -0.322 e. The van der Waals surface area contributed by atoms with E-state index in [1.165, 1.54) is 24.3 Å². The highest BCUT2D eigenvalue weighted by Gasteiger charge is 2.11. The molecule has 2 rings (SSSR count). The Kier molecular flexibility index (Phi) is 4.93. The molecule has 0 radical (unpaired) electrons. The van der Waals surface area contributed by atoms with E-state index < -0.39 is 9.05 Å². The lowest BCUT2D eigenvalue weighted by molar-refractivity contribution is 0.102. The van der Waals surface area contributed by atoms with Crippen LogP contribution in [0.4, 0.5) is 5.69 Å². The molecule has 0 saturated carbocycles. The van der Waals surface area contributed by atoms with Crippen molar-refractivity contribution in [1.82, 2.24) is 0 Å². The minimum atomic E-state index is -3.77. The fourth-order valence-corrected chi connectivity index (χ4v) is 2.81. The Bertz CT molecular complexity index is 792. The van der Waals surface area contributed by atoms with Crippen molar-refractivity contribution in [3.8, 4) is 0 Å². The largest absolute Gasteiger partial charge is 0.322 e. The van der Waals surface area contributed by atoms with Gasteiger partial charge in [0.2, 0.25) is 0 Å². The minimum absolute atomic E-state index is 0.0311. The molecule has 2 aromatic rings. The van der Waals surface area contributed by atoms with Gasteiger partial charge in [-0.3, -0.25) is 4.79 Å². The maximum Gasteiger partial charge on any atom is 0.261 e. The van der Waals surface area contributed by atoms with Crippen LogP contribution in [-0.2, 0) is 9.05 Å². The number of halogens is 3. The normalized spacial score (nSPS) is 11.2. The first-order valence-corrected chi connectivity index (χ1v) is 9.06. The van der Waals surface area contributed by atoms with E-state index in [0.717, 1.165) is 0 Å². The summed E-state index contributed by atoms with van der Waals surface area (Å²) in [4.78, 5) is 12.0. The zero-order valence-electron chi connectivity index (χ0n) is 10.3. The molecule has 0 heterocycles. The van der Waals surface area contributed by atoms with E-state index in [4.69, 9.17) is 22.3 Å². The fourth-order valence-electron chi connectivity index (χ4n) is 1.54. The molecular weight excluding hydrogens is 401 g/mol. The van der Waals surface area contributed by atoms with Crippen LogP contribution in [0.15, 0.2) is 51.8 Å². The van der Waals surface area contributed by atoms with Crippen LogP contribution in [0.5, 0.6) is 0 Å². The molecule has 0 aromatic heterocycles. The average molecular weight is 409 g/mol. The molecule has 0 saturated heterocycles. The molecule has 21 heavy (non-hydrogen) atoms. The number of rotatable bonds is 3. The molecule has 0 fully saturated rings. The van der Waals surface area contributed by atoms with Gasteiger partial charge in [0.05, 0.1) is 9.92 Å². The van der Waals surface area contributed by atoms with E-state index in [-0.39, 0.29) is 10.8 Å². The summed E-state index contributed by atoms with van der Waals surface area (Å²) in [6.07, 6.45) is 0. The second-order valence-corrected chi connectivity index (χ2v) is 7.87. The number of hydrogen-bond acceptors (Lipinski definition) is 3. The number of nitrogens with one attached hydrogen (secondary N) is 1. The van der Waals surface area contributed by atoms with E-state index in [1.807, 2.05) is 0 Å². The van der Waals surface area contributed by atoms with Crippen molar-refractivity contribution in [2.75, 3.05) is 5.32 Å². The van der Waals surface area contributed by atoms with Crippen molar-refractivity contribution in [3.63, 3.8) is 0 Å². The first-order chi connectivity index (χ1) is 9.77. The lowest BCUT2D eigenvalue weighted by Crippen LogP contribution is -2.11. The summed E-state index contributed by atoms with van der Waals surface area (Å²) in [5.74, 6) is -0.339. The van der Waals surface area contributed by atoms with Gasteiger partial charge in [-0.15, -0.1) is 0 Å². The second-order valence-electron chi connectivity index (χ2n) is 4.05. The third-order valence-electron chi connectivity index (χ3n) is 2.58. The smallest absolute Gasteiger partial charge is 0.261 e. The molecule has 110 valence electrons. The first kappa shape index (κ1) is 16.3. The molecule has 2 aromatic carbocycles. The van der Waals surface area contributed by atoms with Gasteiger partial charge in [-0.25, -0.2) is 8.42 Å². The molecule has 0 bridgehead atoms. The third kappa shape index (κ3) is 4.20. The predicted octanol–water partition coefficient (Wildman–Crippen LogP) is 4.28. The van der Waals surface area contributed by atoms with Gasteiger partial charge in [0.15, 0.2) is 0 Å². The van der Waals surface area contributed by atoms with Crippen molar-refractivity contribution < 1.29 is 13.2 Å². The molecule has 1 N–H and O–H groups in total. The van der Waals surface area contributed by atoms with Gasteiger partial charge in [-0.1, -0.05) is 11.6 Å². The van der Waals surface area contributed by atoms with Crippen molar-refractivity contribution in [3.05, 3.63) is 57.5 Å². The summed E-state index contributed by atoms with van der Waals surface area (Å²) in [7, 11) is 1.44. The van der Waals surface area contributed by atoms with Crippen LogP contribution in [0.3, 0.4) is 0 Å². The molecule has 1 amide bonds. The van der Waals surface area contributed by atoms with Crippen LogP contribution < -0.4 is 5.32 Å². The van der Waals surface area contributed by atoms with Crippen molar-refractivity contribution in [1.29, 1.82) is 0 Å². The van der Waals surface area contributed by atoms with Gasteiger partial charge in [-0.2, -0.15) is 0 Å². The highest BCUT2D eigenvalue weighted by molar-refractivity contribution is 9.10. The summed E-state index contributed by atoms with van der Waals surface area (Å²) in [6, 6.07) is 10.3. The molecule has 0 spiro atoms. The molecule has 0 aliphatic heterocycles. The summed E-state index contributed by atoms with van der Waals surface area (Å²) >= 11 is 9.10. The summed E-state index contributed by atoms with van der Waals surface area (Å²) < 4.78 is 22.8. The monoisotopic (exact) mass is 407 g/mol. The quantitative estimate of drug-likeness (QED) is 0.770. The average Bonchev–Trinajstić information content (AvgIpc) is 2.41. The number of carbonyl (C=O) groups excluding carboxylic acids is 1. The first-order valence-electron chi connectivity index (χ1n) is 5.58. The maximum absolute atomic E-state index is 12.0. The van der Waals surface area contributed by atoms with Gasteiger partial charge in [-0.05, 0) is 58.4 Å². The van der Waals surface area contributed by atoms with E-state index in [1.54, 1.807) is 18.2 Å². The van der Waals surface area contributed by atoms with Crippen molar-refractivity contribution in [2.24, 2.45) is 0 Å². The molecular formula is C13H8BrCl2NO3S. The van der Waals surface area contributed by atoms with Gasteiger partial charge in [0.25, 0.3) is 15.0 Å². The Morgan fingerprint density at radius 2 is 1.71 bits per heavy atom. The standard InChI is InChI=1S/C13H8BrCl2NO3S/c14-11-7-8(1-6-12(11)15)13(18)17-9-2-4-10(5-3-9)21(16,19)20/h1-7H,(H,17,18). The van der Waals surface area contributed by atoms with E-state index in [2.05, 4.69) is 21.2 Å². The number of hydrogen-bond donors (Lipinski definition) is 1. The highest BCUT2D eigenvalue weighted by atomic mass is 79.9. The van der Waals surface area contributed by atoms with Crippen LogP contribution in [-0.4, -0.2) is 14.3 Å². The number of benzene rings is 2. The summed E-state index contributed by atoms with van der Waals surface area (Å²) in [5, 5.41) is 3.15. The molecule has 0 unspecified atom stereocenters. The summed E-state index contributed by atoms with van der Waals surface area (Å²) in [5.41, 5.74) is 0.871. The number of anilines is 1. The molecule has 0 aliphatic rings. The molecule has 0 aliphatic carbocycles. The zero-order valence-corrected chi connectivity index (χ0v) is 14.2. The topological polar surface area (TPSA) is 63.2 Å². The third-order valence-corrected chi connectivity index (χ3v) is 5.16. The Morgan fingerprint density at radius 3 is 2.24 bits per heavy atom. The maximum atomic E-state index is 12.0. The van der Waals surface area contributed by atoms with Crippen LogP contribution in [0.25, 0.3) is 0 Å². The van der Waals surface area contributed by atoms with Crippen LogP contribution in [0, 0.1) is 0 Å². The van der Waals surface area contributed by atoms with Gasteiger partial charge < -0.3 is 5.32 Å². The predicted molar refractivity (Wildman–Crippen MR) is 86.6 cm³/mol. The number of carbonyl (C=O) groups is 1. The van der Waals surface area contributed by atoms with Crippen LogP contribution >= 0.6 is 38.2 Å². The SMILES string of the molecule is O=C(Nc1ccc(S(=O)(=O)Cl)cc1)c1ccc(Cl)c(Br)c1. The van der Waals surface area contributed by atoms with Gasteiger partial charge in [0.1, 0.15) is 0 Å². The molecule has 8 heteroatoms.